The first-order valence-electron chi connectivity index (χ1n) is 9.56. The van der Waals surface area contributed by atoms with Crippen molar-refractivity contribution in [2.45, 2.75) is 39.5 Å². The Bertz CT molecular complexity index is 1100. The van der Waals surface area contributed by atoms with Gasteiger partial charge in [0, 0.05) is 16.5 Å². The molecule has 0 aliphatic rings. The number of carboxylic acid groups (broad SMARTS) is 1. The van der Waals surface area contributed by atoms with Gasteiger partial charge in [0.15, 0.2) is 5.78 Å². The SMILES string of the molecule is CC(C)(CCC(=O)c1sc2ccccc2c1OCc1ccc(C(F)(F)F)cc1)C(=O)O. The van der Waals surface area contributed by atoms with Crippen LogP contribution in [0.5, 0.6) is 5.75 Å². The summed E-state index contributed by atoms with van der Waals surface area (Å²) >= 11 is 1.26. The number of aliphatic carboxylic acids is 1. The lowest BCUT2D eigenvalue weighted by atomic mass is 9.87. The molecule has 3 rings (SSSR count). The molecule has 3 aromatic rings. The molecule has 8 heteroatoms. The molecule has 1 aromatic heterocycles. The smallest absolute Gasteiger partial charge is 0.416 e. The third-order valence-corrected chi connectivity index (χ3v) is 6.22. The molecule has 2 aromatic carbocycles. The molecule has 0 spiro atoms. The van der Waals surface area contributed by atoms with E-state index < -0.39 is 23.1 Å². The summed E-state index contributed by atoms with van der Waals surface area (Å²) in [7, 11) is 0. The molecule has 164 valence electrons. The largest absolute Gasteiger partial charge is 0.487 e. The maximum absolute atomic E-state index is 12.9. The molecule has 4 nitrogen and oxygen atoms in total. The van der Waals surface area contributed by atoms with Crippen molar-refractivity contribution >= 4 is 33.2 Å². The highest BCUT2D eigenvalue weighted by Gasteiger charge is 2.30. The molecule has 0 fully saturated rings. The number of ether oxygens (including phenoxy) is 1. The number of carbonyl (C=O) groups excluding carboxylic acids is 1. The van der Waals surface area contributed by atoms with Gasteiger partial charge in [-0.2, -0.15) is 13.2 Å². The number of alkyl halides is 3. The number of thiophene rings is 1. The highest BCUT2D eigenvalue weighted by Crippen LogP contribution is 2.40. The van der Waals surface area contributed by atoms with Gasteiger partial charge in [-0.3, -0.25) is 9.59 Å². The van der Waals surface area contributed by atoms with Crippen LogP contribution in [0.15, 0.2) is 48.5 Å². The van der Waals surface area contributed by atoms with E-state index in [-0.39, 0.29) is 25.2 Å². The standard InChI is InChI=1S/C23H21F3O4S/c1-22(2,21(28)29)12-11-17(27)20-19(16-5-3-4-6-18(16)31-20)30-13-14-7-9-15(10-8-14)23(24,25)26/h3-10H,11-13H2,1-2H3,(H,28,29). The van der Waals surface area contributed by atoms with Crippen LogP contribution in [0.25, 0.3) is 10.1 Å². The van der Waals surface area contributed by atoms with Gasteiger partial charge in [0.1, 0.15) is 17.2 Å². The zero-order valence-corrected chi connectivity index (χ0v) is 17.8. The fourth-order valence-corrected chi connectivity index (χ4v) is 4.06. The highest BCUT2D eigenvalue weighted by molar-refractivity contribution is 7.21. The summed E-state index contributed by atoms with van der Waals surface area (Å²) in [5.74, 6) is -0.827. The topological polar surface area (TPSA) is 63.6 Å². The average molecular weight is 450 g/mol. The van der Waals surface area contributed by atoms with Crippen molar-refractivity contribution in [3.05, 3.63) is 64.5 Å². The van der Waals surface area contributed by atoms with Crippen LogP contribution in [0, 0.1) is 5.41 Å². The number of hydrogen-bond donors (Lipinski definition) is 1. The summed E-state index contributed by atoms with van der Waals surface area (Å²) in [5, 5.41) is 10.0. The molecule has 1 N–H and O–H groups in total. The minimum atomic E-state index is -4.41. The zero-order valence-electron chi connectivity index (χ0n) is 17.0. The lowest BCUT2D eigenvalue weighted by molar-refractivity contribution is -0.147. The van der Waals surface area contributed by atoms with Gasteiger partial charge in [0.2, 0.25) is 0 Å². The van der Waals surface area contributed by atoms with Crippen LogP contribution in [0.4, 0.5) is 13.2 Å². The van der Waals surface area contributed by atoms with Crippen LogP contribution >= 0.6 is 11.3 Å². The van der Waals surface area contributed by atoms with Crippen molar-refractivity contribution in [2.75, 3.05) is 0 Å². The second kappa shape index (κ2) is 8.70. The number of carbonyl (C=O) groups is 2. The van der Waals surface area contributed by atoms with Crippen molar-refractivity contribution < 1.29 is 32.6 Å². The average Bonchev–Trinajstić information content (AvgIpc) is 3.09. The molecule has 0 saturated carbocycles. The van der Waals surface area contributed by atoms with Crippen molar-refractivity contribution in [1.29, 1.82) is 0 Å². The number of Topliss-reactive ketones (excluding diaryl/α,β-unsaturated/α-hetero) is 1. The lowest BCUT2D eigenvalue weighted by Gasteiger charge is -2.18. The number of hydrogen-bond acceptors (Lipinski definition) is 4. The molecular weight excluding hydrogens is 429 g/mol. The van der Waals surface area contributed by atoms with Gasteiger partial charge in [-0.05, 0) is 50.1 Å². The Balaban J connectivity index is 1.82. The van der Waals surface area contributed by atoms with Crippen molar-refractivity contribution in [3.8, 4) is 5.75 Å². The first-order valence-corrected chi connectivity index (χ1v) is 10.4. The number of benzene rings is 2. The van der Waals surface area contributed by atoms with Gasteiger partial charge in [-0.15, -0.1) is 11.3 Å². The van der Waals surface area contributed by atoms with Gasteiger partial charge in [0.05, 0.1) is 11.0 Å². The monoisotopic (exact) mass is 450 g/mol. The molecule has 0 unspecified atom stereocenters. The molecule has 0 radical (unpaired) electrons. The van der Waals surface area contributed by atoms with Crippen molar-refractivity contribution in [1.82, 2.24) is 0 Å². The van der Waals surface area contributed by atoms with Crippen molar-refractivity contribution in [2.24, 2.45) is 5.41 Å². The second-order valence-corrected chi connectivity index (χ2v) is 8.90. The van der Waals surface area contributed by atoms with E-state index in [1.54, 1.807) is 13.8 Å². The second-order valence-electron chi connectivity index (χ2n) is 7.85. The number of carboxylic acids is 1. The summed E-state index contributed by atoms with van der Waals surface area (Å²) < 4.78 is 45.0. The Kier molecular flexibility index (Phi) is 6.40. The molecule has 0 aliphatic carbocycles. The fourth-order valence-electron chi connectivity index (χ4n) is 2.94. The van der Waals surface area contributed by atoms with E-state index in [0.717, 1.165) is 22.2 Å². The Morgan fingerprint density at radius 3 is 2.29 bits per heavy atom. The summed E-state index contributed by atoms with van der Waals surface area (Å²) in [4.78, 5) is 24.6. The van der Waals surface area contributed by atoms with Gasteiger partial charge in [-0.1, -0.05) is 24.3 Å². The third kappa shape index (κ3) is 5.25. The highest BCUT2D eigenvalue weighted by atomic mass is 32.1. The van der Waals surface area contributed by atoms with E-state index in [1.165, 1.54) is 23.5 Å². The summed E-state index contributed by atoms with van der Waals surface area (Å²) in [5.41, 5.74) is -1.24. The molecule has 1 heterocycles. The first-order chi connectivity index (χ1) is 14.5. The number of rotatable bonds is 8. The summed E-state index contributed by atoms with van der Waals surface area (Å²) in [6, 6.07) is 12.0. The van der Waals surface area contributed by atoms with E-state index in [4.69, 9.17) is 4.74 Å². The molecule has 0 bridgehead atoms. The maximum atomic E-state index is 12.9. The minimum absolute atomic E-state index is 0.000234. The van der Waals surface area contributed by atoms with Gasteiger partial charge in [-0.25, -0.2) is 0 Å². The zero-order chi connectivity index (χ0) is 22.8. The van der Waals surface area contributed by atoms with Gasteiger partial charge < -0.3 is 9.84 Å². The van der Waals surface area contributed by atoms with E-state index >= 15 is 0 Å². The quantitative estimate of drug-likeness (QED) is 0.394. The first kappa shape index (κ1) is 22.8. The van der Waals surface area contributed by atoms with Gasteiger partial charge >= 0.3 is 12.1 Å². The summed E-state index contributed by atoms with van der Waals surface area (Å²) in [6.45, 7) is 3.13. The molecule has 0 atom stereocenters. The Hall–Kier alpha value is -2.87. The molecule has 0 amide bonds. The van der Waals surface area contributed by atoms with E-state index in [0.29, 0.717) is 16.2 Å². The van der Waals surface area contributed by atoms with E-state index in [2.05, 4.69) is 0 Å². The predicted molar refractivity (Wildman–Crippen MR) is 113 cm³/mol. The van der Waals surface area contributed by atoms with Crippen LogP contribution in [0.2, 0.25) is 0 Å². The molecule has 31 heavy (non-hydrogen) atoms. The minimum Gasteiger partial charge on any atom is -0.487 e. The number of fused-ring (bicyclic) bond motifs is 1. The normalized spacial score (nSPS) is 12.2. The number of ketones is 1. The van der Waals surface area contributed by atoms with Gasteiger partial charge in [0.25, 0.3) is 0 Å². The fraction of sp³-hybridized carbons (Fsp3) is 0.304. The van der Waals surface area contributed by atoms with Crippen LogP contribution in [-0.2, 0) is 17.6 Å². The van der Waals surface area contributed by atoms with E-state index in [1.807, 2.05) is 24.3 Å². The Morgan fingerprint density at radius 1 is 1.03 bits per heavy atom. The molecular formula is C23H21F3O4S. The predicted octanol–water partition coefficient (Wildman–Crippen LogP) is 6.57. The van der Waals surface area contributed by atoms with Crippen LogP contribution in [0.3, 0.4) is 0 Å². The Morgan fingerprint density at radius 2 is 1.68 bits per heavy atom. The maximum Gasteiger partial charge on any atom is 0.416 e. The molecule has 0 aliphatic heterocycles. The Labute approximate surface area is 181 Å². The van der Waals surface area contributed by atoms with Crippen LogP contribution in [-0.4, -0.2) is 16.9 Å². The van der Waals surface area contributed by atoms with Crippen molar-refractivity contribution in [3.63, 3.8) is 0 Å². The third-order valence-electron chi connectivity index (χ3n) is 5.02. The van der Waals surface area contributed by atoms with Crippen LogP contribution < -0.4 is 4.74 Å². The summed E-state index contributed by atoms with van der Waals surface area (Å²) in [6.07, 6.45) is -4.19. The number of halogens is 3. The van der Waals surface area contributed by atoms with Crippen LogP contribution in [0.1, 0.15) is 47.5 Å². The molecule has 0 saturated heterocycles. The van der Waals surface area contributed by atoms with E-state index in [9.17, 15) is 27.9 Å². The lowest BCUT2D eigenvalue weighted by Crippen LogP contribution is -2.24.